The summed E-state index contributed by atoms with van der Waals surface area (Å²) < 4.78 is 27.1. The fourth-order valence-corrected chi connectivity index (χ4v) is 8.39. The van der Waals surface area contributed by atoms with Crippen LogP contribution in [-0.2, 0) is 14.8 Å². The van der Waals surface area contributed by atoms with E-state index in [1.807, 2.05) is 0 Å². The van der Waals surface area contributed by atoms with Gasteiger partial charge in [-0.15, -0.1) is 0 Å². The van der Waals surface area contributed by atoms with Crippen LogP contribution in [0.2, 0.25) is 0 Å². The Morgan fingerprint density at radius 2 is 1.92 bits per heavy atom. The van der Waals surface area contributed by atoms with Crippen molar-refractivity contribution in [1.82, 2.24) is 4.31 Å². The lowest BCUT2D eigenvalue weighted by Crippen LogP contribution is -2.47. The van der Waals surface area contributed by atoms with Crippen molar-refractivity contribution >= 4 is 15.9 Å². The minimum Gasteiger partial charge on any atom is -0.392 e. The van der Waals surface area contributed by atoms with Gasteiger partial charge in [-0.25, -0.2) is 12.7 Å². The average Bonchev–Trinajstić information content (AvgIpc) is 2.97. The van der Waals surface area contributed by atoms with Crippen LogP contribution in [0.1, 0.15) is 73.6 Å². The molecule has 5 nitrogen and oxygen atoms in total. The normalized spacial score (nSPS) is 36.8. The van der Waals surface area contributed by atoms with Crippen molar-refractivity contribution in [3.05, 3.63) is 0 Å². The van der Waals surface area contributed by atoms with E-state index in [1.165, 1.54) is 4.31 Å². The summed E-state index contributed by atoms with van der Waals surface area (Å²) in [5, 5.41) is 10.5. The zero-order chi connectivity index (χ0) is 19.7. The number of nitrogens with zero attached hydrogens (tertiary/aromatic N) is 1. The first-order valence-electron chi connectivity index (χ1n) is 9.97. The van der Waals surface area contributed by atoms with Gasteiger partial charge in [-0.2, -0.15) is 0 Å². The Kier molecular flexibility index (Phi) is 4.59. The van der Waals surface area contributed by atoms with Crippen LogP contribution < -0.4 is 0 Å². The molecule has 3 aliphatic rings. The Balaban J connectivity index is 1.82. The topological polar surface area (TPSA) is 74.7 Å². The largest absolute Gasteiger partial charge is 0.392 e. The monoisotopic (exact) mass is 385 g/mol. The molecule has 0 aromatic rings. The molecule has 5 atom stereocenters. The Morgan fingerprint density at radius 1 is 1.31 bits per heavy atom. The van der Waals surface area contributed by atoms with E-state index in [0.717, 1.165) is 25.7 Å². The van der Waals surface area contributed by atoms with Gasteiger partial charge >= 0.3 is 0 Å². The first-order chi connectivity index (χ1) is 11.7. The molecule has 1 N–H and O–H groups in total. The van der Waals surface area contributed by atoms with Crippen LogP contribution in [0.3, 0.4) is 0 Å². The number of carbonyl (C=O) groups excluding carboxylic acids is 1. The van der Waals surface area contributed by atoms with E-state index in [2.05, 4.69) is 34.6 Å². The smallest absolute Gasteiger partial charge is 0.241 e. The van der Waals surface area contributed by atoms with Crippen LogP contribution in [0.15, 0.2) is 0 Å². The highest BCUT2D eigenvalue weighted by molar-refractivity contribution is 7.90. The van der Waals surface area contributed by atoms with Crippen molar-refractivity contribution in [2.75, 3.05) is 5.75 Å². The van der Waals surface area contributed by atoms with Gasteiger partial charge in [0, 0.05) is 5.41 Å². The van der Waals surface area contributed by atoms with E-state index in [9.17, 15) is 18.3 Å². The maximum atomic E-state index is 13.1. The fraction of sp³-hybridized carbons (Fsp3) is 0.950. The summed E-state index contributed by atoms with van der Waals surface area (Å²) in [6.07, 6.45) is 3.22. The summed E-state index contributed by atoms with van der Waals surface area (Å²) >= 11 is 0. The Morgan fingerprint density at radius 3 is 2.46 bits per heavy atom. The van der Waals surface area contributed by atoms with Crippen LogP contribution in [0.25, 0.3) is 0 Å². The molecule has 2 unspecified atom stereocenters. The number of aliphatic hydroxyl groups is 1. The summed E-state index contributed by atoms with van der Waals surface area (Å²) in [5.74, 6) is -0.523. The van der Waals surface area contributed by atoms with E-state index in [4.69, 9.17) is 0 Å². The molecule has 26 heavy (non-hydrogen) atoms. The summed E-state index contributed by atoms with van der Waals surface area (Å²) in [5.41, 5.74) is -0.280. The van der Waals surface area contributed by atoms with Crippen LogP contribution in [0.4, 0.5) is 0 Å². The predicted molar refractivity (Wildman–Crippen MR) is 102 cm³/mol. The number of amides is 1. The van der Waals surface area contributed by atoms with E-state index in [-0.39, 0.29) is 28.0 Å². The second-order valence-corrected chi connectivity index (χ2v) is 12.6. The van der Waals surface area contributed by atoms with Gasteiger partial charge in [0.2, 0.25) is 15.9 Å². The zero-order valence-corrected chi connectivity index (χ0v) is 17.9. The van der Waals surface area contributed by atoms with Crippen molar-refractivity contribution in [2.24, 2.45) is 28.1 Å². The van der Waals surface area contributed by atoms with Gasteiger partial charge in [-0.1, -0.05) is 41.5 Å². The molecule has 0 aromatic carbocycles. The third-order valence-electron chi connectivity index (χ3n) is 7.79. The second kappa shape index (κ2) is 5.94. The molecular formula is C20H35NO4S. The maximum Gasteiger partial charge on any atom is 0.241 e. The number of fused-ring (bicyclic) bond motifs is 1. The molecule has 150 valence electrons. The number of sulfonamides is 1. The second-order valence-electron chi connectivity index (χ2n) is 10.7. The molecule has 6 heteroatoms. The molecule has 1 saturated heterocycles. The van der Waals surface area contributed by atoms with Gasteiger partial charge in [0.1, 0.15) is 0 Å². The molecule has 3 rings (SSSR count). The van der Waals surface area contributed by atoms with Gasteiger partial charge in [0.05, 0.1) is 23.8 Å². The van der Waals surface area contributed by atoms with E-state index >= 15 is 0 Å². The van der Waals surface area contributed by atoms with E-state index in [1.54, 1.807) is 6.92 Å². The molecule has 1 aliphatic heterocycles. The number of rotatable bonds is 4. The Bertz CT molecular complexity index is 693. The summed E-state index contributed by atoms with van der Waals surface area (Å²) in [4.78, 5) is 13.1. The molecule has 2 saturated carbocycles. The van der Waals surface area contributed by atoms with Crippen LogP contribution >= 0.6 is 0 Å². The highest BCUT2D eigenvalue weighted by atomic mass is 32.2. The van der Waals surface area contributed by atoms with Crippen LogP contribution in [-0.4, -0.2) is 41.6 Å². The minimum atomic E-state index is -3.61. The molecule has 1 heterocycles. The first kappa shape index (κ1) is 20.1. The third kappa shape index (κ3) is 2.83. The Hall–Kier alpha value is -0.620. The lowest BCUT2D eigenvalue weighted by Gasteiger charge is -2.37. The van der Waals surface area contributed by atoms with Gasteiger partial charge in [-0.05, 0) is 48.9 Å². The first-order valence-corrected chi connectivity index (χ1v) is 11.6. The van der Waals surface area contributed by atoms with Crippen LogP contribution in [0.5, 0.6) is 0 Å². The van der Waals surface area contributed by atoms with Crippen molar-refractivity contribution in [2.45, 2.75) is 85.8 Å². The van der Waals surface area contributed by atoms with Gasteiger partial charge in [0.15, 0.2) is 0 Å². The summed E-state index contributed by atoms with van der Waals surface area (Å²) in [7, 11) is -3.61. The standard InChI is InChI=1S/C20H35NO4S/c1-13(15(22)8-9-18(2,3)4)17(23)21-16-11-14-7-10-20(16,19(14,5)6)12-26(21,24)25/h13-16,22H,7-12H2,1-6H3/t13?,14-,15?,16-,20-/m0/s1. The molecule has 1 amide bonds. The summed E-state index contributed by atoms with van der Waals surface area (Å²) in [6, 6.07) is -0.217. The van der Waals surface area contributed by atoms with Crippen molar-refractivity contribution in [3.63, 3.8) is 0 Å². The van der Waals surface area contributed by atoms with Gasteiger partial charge in [-0.3, -0.25) is 4.79 Å². The van der Waals surface area contributed by atoms with E-state index < -0.39 is 28.0 Å². The highest BCUT2D eigenvalue weighted by Crippen LogP contribution is 2.70. The number of hydrogen-bond acceptors (Lipinski definition) is 4. The maximum absolute atomic E-state index is 13.1. The van der Waals surface area contributed by atoms with Crippen molar-refractivity contribution in [1.29, 1.82) is 0 Å². The van der Waals surface area contributed by atoms with Crippen molar-refractivity contribution in [3.8, 4) is 0 Å². The molecule has 2 aliphatic carbocycles. The average molecular weight is 386 g/mol. The molecule has 0 radical (unpaired) electrons. The number of carbonyl (C=O) groups is 1. The predicted octanol–water partition coefficient (Wildman–Crippen LogP) is 3.18. The van der Waals surface area contributed by atoms with Gasteiger partial charge < -0.3 is 5.11 Å². The zero-order valence-electron chi connectivity index (χ0n) is 17.1. The van der Waals surface area contributed by atoms with Gasteiger partial charge in [0.25, 0.3) is 0 Å². The quantitative estimate of drug-likeness (QED) is 0.806. The fourth-order valence-electron chi connectivity index (χ4n) is 5.78. The SMILES string of the molecule is CC(C(=O)N1[C@H]2C[C@@H]3CC[C@@]2(CS1(=O)=O)C3(C)C)C(O)CCC(C)(C)C. The minimum absolute atomic E-state index is 0.0478. The highest BCUT2D eigenvalue weighted by Gasteiger charge is 2.72. The number of hydrogen-bond donors (Lipinski definition) is 1. The lowest BCUT2D eigenvalue weighted by molar-refractivity contribution is -0.136. The van der Waals surface area contributed by atoms with Crippen LogP contribution in [0, 0.1) is 28.1 Å². The van der Waals surface area contributed by atoms with E-state index in [0.29, 0.717) is 12.3 Å². The molecule has 2 bridgehead atoms. The molecule has 3 fully saturated rings. The Labute approximate surface area is 158 Å². The lowest BCUT2D eigenvalue weighted by atomic mass is 9.69. The summed E-state index contributed by atoms with van der Waals surface area (Å²) in [6.45, 7) is 12.3. The number of aliphatic hydroxyl groups excluding tert-OH is 1. The molecule has 1 spiro atoms. The van der Waals surface area contributed by atoms with Crippen molar-refractivity contribution < 1.29 is 18.3 Å². The molecular weight excluding hydrogens is 350 g/mol. The third-order valence-corrected chi connectivity index (χ3v) is 9.70. The molecule has 0 aromatic heterocycles.